The average Bonchev–Trinajstić information content (AvgIpc) is 2.53. The SMILES string of the molecule is CC(C)NS(=O)(=O)c1ccc(Cl)c(C(=O)NC(C)c2ccc(Cl)cc2Cl)c1. The molecule has 27 heavy (non-hydrogen) atoms. The van der Waals surface area contributed by atoms with E-state index in [0.29, 0.717) is 15.6 Å². The quantitative estimate of drug-likeness (QED) is 0.663. The van der Waals surface area contributed by atoms with Gasteiger partial charge >= 0.3 is 0 Å². The van der Waals surface area contributed by atoms with Gasteiger partial charge in [0.05, 0.1) is 21.5 Å². The van der Waals surface area contributed by atoms with Crippen LogP contribution in [0, 0.1) is 0 Å². The van der Waals surface area contributed by atoms with Crippen molar-refractivity contribution in [3.63, 3.8) is 0 Å². The molecule has 1 amide bonds. The lowest BCUT2D eigenvalue weighted by atomic mass is 10.1. The standard InChI is InChI=1S/C18H19Cl3N2O3S/c1-10(2)23-27(25,26)13-5-7-16(20)15(9-13)18(24)22-11(3)14-6-4-12(19)8-17(14)21/h4-11,23H,1-3H3,(H,22,24). The first-order valence-corrected chi connectivity index (χ1v) is 10.7. The van der Waals surface area contributed by atoms with E-state index in [1.54, 1.807) is 39.0 Å². The zero-order valence-electron chi connectivity index (χ0n) is 14.9. The molecule has 0 aliphatic heterocycles. The first-order valence-electron chi connectivity index (χ1n) is 8.09. The Bertz CT molecular complexity index is 962. The number of carbonyl (C=O) groups excluding carboxylic acids is 1. The van der Waals surface area contributed by atoms with Crippen molar-refractivity contribution in [1.29, 1.82) is 0 Å². The maximum absolute atomic E-state index is 12.6. The Balaban J connectivity index is 2.29. The van der Waals surface area contributed by atoms with Gasteiger partial charge in [0.1, 0.15) is 0 Å². The molecule has 0 aliphatic rings. The van der Waals surface area contributed by atoms with E-state index in [4.69, 9.17) is 34.8 Å². The molecular formula is C18H19Cl3N2O3S. The third kappa shape index (κ3) is 5.59. The van der Waals surface area contributed by atoms with Crippen LogP contribution in [0.2, 0.25) is 15.1 Å². The van der Waals surface area contributed by atoms with E-state index in [1.165, 1.54) is 18.2 Å². The molecule has 2 rings (SSSR count). The van der Waals surface area contributed by atoms with E-state index < -0.39 is 22.0 Å². The van der Waals surface area contributed by atoms with E-state index in [1.807, 2.05) is 0 Å². The van der Waals surface area contributed by atoms with Crippen molar-refractivity contribution in [3.05, 3.63) is 62.6 Å². The molecule has 0 saturated heterocycles. The van der Waals surface area contributed by atoms with E-state index in [-0.39, 0.29) is 21.5 Å². The molecule has 2 aromatic rings. The van der Waals surface area contributed by atoms with Gasteiger partial charge in [-0.3, -0.25) is 4.79 Å². The molecule has 5 nitrogen and oxygen atoms in total. The number of benzene rings is 2. The highest BCUT2D eigenvalue weighted by Gasteiger charge is 2.21. The number of carbonyl (C=O) groups is 1. The first kappa shape index (κ1) is 22.0. The van der Waals surface area contributed by atoms with Crippen molar-refractivity contribution in [3.8, 4) is 0 Å². The zero-order chi connectivity index (χ0) is 20.4. The van der Waals surface area contributed by atoms with Crippen molar-refractivity contribution in [2.24, 2.45) is 0 Å². The summed E-state index contributed by atoms with van der Waals surface area (Å²) in [4.78, 5) is 12.6. The van der Waals surface area contributed by atoms with Crippen LogP contribution in [0.3, 0.4) is 0 Å². The predicted octanol–water partition coefficient (Wildman–Crippen LogP) is 4.82. The van der Waals surface area contributed by atoms with Crippen molar-refractivity contribution in [2.75, 3.05) is 0 Å². The normalized spacial score (nSPS) is 12.9. The van der Waals surface area contributed by atoms with Crippen LogP contribution in [0.15, 0.2) is 41.3 Å². The van der Waals surface area contributed by atoms with Crippen molar-refractivity contribution < 1.29 is 13.2 Å². The van der Waals surface area contributed by atoms with Gasteiger partial charge in [-0.05, 0) is 56.7 Å². The van der Waals surface area contributed by atoms with Crippen LogP contribution in [0.1, 0.15) is 42.7 Å². The minimum Gasteiger partial charge on any atom is -0.345 e. The van der Waals surface area contributed by atoms with Gasteiger partial charge in [0.25, 0.3) is 5.91 Å². The second-order valence-electron chi connectivity index (χ2n) is 6.28. The number of amides is 1. The maximum atomic E-state index is 12.6. The predicted molar refractivity (Wildman–Crippen MR) is 109 cm³/mol. The Hall–Kier alpha value is -1.31. The van der Waals surface area contributed by atoms with Crippen LogP contribution < -0.4 is 10.0 Å². The number of hydrogen-bond acceptors (Lipinski definition) is 3. The van der Waals surface area contributed by atoms with Crippen LogP contribution in [-0.4, -0.2) is 20.4 Å². The molecule has 0 bridgehead atoms. The second kappa shape index (κ2) is 8.80. The fourth-order valence-corrected chi connectivity index (χ4v) is 4.48. The first-order chi connectivity index (χ1) is 12.5. The van der Waals surface area contributed by atoms with Crippen molar-refractivity contribution in [2.45, 2.75) is 37.8 Å². The van der Waals surface area contributed by atoms with Crippen molar-refractivity contribution in [1.82, 2.24) is 10.0 Å². The summed E-state index contributed by atoms with van der Waals surface area (Å²) in [5, 5.41) is 3.81. The molecule has 2 aromatic carbocycles. The van der Waals surface area contributed by atoms with E-state index in [0.717, 1.165) is 0 Å². The summed E-state index contributed by atoms with van der Waals surface area (Å²) in [6.45, 7) is 5.17. The Labute approximate surface area is 174 Å². The van der Waals surface area contributed by atoms with Gasteiger partial charge < -0.3 is 5.32 Å². The van der Waals surface area contributed by atoms with E-state index in [2.05, 4.69) is 10.0 Å². The van der Waals surface area contributed by atoms with Gasteiger partial charge in [0.2, 0.25) is 10.0 Å². The third-order valence-electron chi connectivity index (χ3n) is 3.66. The number of halogens is 3. The number of rotatable bonds is 6. The zero-order valence-corrected chi connectivity index (χ0v) is 18.0. The molecule has 1 atom stereocenters. The monoisotopic (exact) mass is 448 g/mol. The molecule has 0 aromatic heterocycles. The van der Waals surface area contributed by atoms with Crippen LogP contribution in [0.4, 0.5) is 0 Å². The van der Waals surface area contributed by atoms with Crippen molar-refractivity contribution >= 4 is 50.7 Å². The smallest absolute Gasteiger partial charge is 0.253 e. The molecule has 0 spiro atoms. The number of hydrogen-bond donors (Lipinski definition) is 2. The number of nitrogens with one attached hydrogen (secondary N) is 2. The molecule has 1 unspecified atom stereocenters. The number of sulfonamides is 1. The largest absolute Gasteiger partial charge is 0.345 e. The highest BCUT2D eigenvalue weighted by Crippen LogP contribution is 2.27. The van der Waals surface area contributed by atoms with Gasteiger partial charge in [-0.25, -0.2) is 13.1 Å². The molecule has 0 radical (unpaired) electrons. The maximum Gasteiger partial charge on any atom is 0.253 e. The molecule has 0 heterocycles. The van der Waals surface area contributed by atoms with Crippen LogP contribution in [0.25, 0.3) is 0 Å². The summed E-state index contributed by atoms with van der Waals surface area (Å²) in [6, 6.07) is 8.22. The van der Waals surface area contributed by atoms with Gasteiger partial charge in [0.15, 0.2) is 0 Å². The molecule has 0 saturated carbocycles. The lowest BCUT2D eigenvalue weighted by Crippen LogP contribution is -2.31. The minimum absolute atomic E-state index is 0.0390. The molecule has 2 N–H and O–H groups in total. The summed E-state index contributed by atoms with van der Waals surface area (Å²) in [5.74, 6) is -0.514. The van der Waals surface area contributed by atoms with Gasteiger partial charge in [-0.1, -0.05) is 40.9 Å². The highest BCUT2D eigenvalue weighted by molar-refractivity contribution is 7.89. The molecule has 0 fully saturated rings. The van der Waals surface area contributed by atoms with E-state index >= 15 is 0 Å². The third-order valence-corrected chi connectivity index (χ3v) is 6.21. The average molecular weight is 450 g/mol. The molecule has 0 aliphatic carbocycles. The lowest BCUT2D eigenvalue weighted by molar-refractivity contribution is 0.0940. The van der Waals surface area contributed by atoms with Gasteiger partial charge in [-0.15, -0.1) is 0 Å². The molecule has 146 valence electrons. The van der Waals surface area contributed by atoms with Gasteiger partial charge in [0, 0.05) is 16.1 Å². The lowest BCUT2D eigenvalue weighted by Gasteiger charge is -2.17. The van der Waals surface area contributed by atoms with Crippen LogP contribution in [-0.2, 0) is 10.0 Å². The summed E-state index contributed by atoms with van der Waals surface area (Å²) in [6.07, 6.45) is 0. The van der Waals surface area contributed by atoms with Crippen LogP contribution >= 0.6 is 34.8 Å². The fourth-order valence-electron chi connectivity index (χ4n) is 2.43. The van der Waals surface area contributed by atoms with Gasteiger partial charge in [-0.2, -0.15) is 0 Å². The van der Waals surface area contributed by atoms with Crippen LogP contribution in [0.5, 0.6) is 0 Å². The Morgan fingerprint density at radius 3 is 2.22 bits per heavy atom. The minimum atomic E-state index is -3.75. The Kier molecular flexibility index (Phi) is 7.16. The Morgan fingerprint density at radius 2 is 1.63 bits per heavy atom. The van der Waals surface area contributed by atoms with E-state index in [9.17, 15) is 13.2 Å². The molecular weight excluding hydrogens is 431 g/mol. The fraction of sp³-hybridized carbons (Fsp3) is 0.278. The highest BCUT2D eigenvalue weighted by atomic mass is 35.5. The topological polar surface area (TPSA) is 75.3 Å². The Morgan fingerprint density at radius 1 is 0.963 bits per heavy atom. The summed E-state index contributed by atoms with van der Waals surface area (Å²) >= 11 is 18.2. The summed E-state index contributed by atoms with van der Waals surface area (Å²) in [5.41, 5.74) is 0.732. The summed E-state index contributed by atoms with van der Waals surface area (Å²) in [7, 11) is -3.75. The summed E-state index contributed by atoms with van der Waals surface area (Å²) < 4.78 is 27.1. The molecule has 9 heteroatoms. The second-order valence-corrected chi connectivity index (χ2v) is 9.24.